The van der Waals surface area contributed by atoms with Gasteiger partial charge in [-0.15, -0.1) is 0 Å². The number of carbonyl (C=O) groups is 2. The van der Waals surface area contributed by atoms with Crippen molar-refractivity contribution >= 4 is 23.7 Å². The molecule has 0 aliphatic heterocycles. The molecule has 1 saturated carbocycles. The van der Waals surface area contributed by atoms with E-state index in [2.05, 4.69) is 20.3 Å². The maximum atomic E-state index is 13.1. The maximum Gasteiger partial charge on any atom is 0.412 e. The van der Waals surface area contributed by atoms with E-state index < -0.39 is 30.4 Å². The van der Waals surface area contributed by atoms with E-state index in [4.69, 9.17) is 14.2 Å². The van der Waals surface area contributed by atoms with Gasteiger partial charge in [0.25, 0.3) is 6.43 Å². The number of carbonyl (C=O) groups excluding carboxylic acids is 2. The van der Waals surface area contributed by atoms with Gasteiger partial charge in [0.05, 0.1) is 23.9 Å². The molecule has 46 heavy (non-hydrogen) atoms. The lowest BCUT2D eigenvalue weighted by atomic mass is 9.73. The second-order valence-corrected chi connectivity index (χ2v) is 11.7. The molecule has 13 heteroatoms. The van der Waals surface area contributed by atoms with E-state index in [9.17, 15) is 23.5 Å². The molecule has 2 atom stereocenters. The summed E-state index contributed by atoms with van der Waals surface area (Å²) in [5.74, 6) is -0.226. The van der Waals surface area contributed by atoms with Crippen molar-refractivity contribution in [1.29, 1.82) is 0 Å². The lowest BCUT2D eigenvalue weighted by Gasteiger charge is -2.37. The second-order valence-electron chi connectivity index (χ2n) is 11.7. The predicted octanol–water partition coefficient (Wildman–Crippen LogP) is 6.15. The van der Waals surface area contributed by atoms with Gasteiger partial charge in [-0.05, 0) is 87.4 Å². The van der Waals surface area contributed by atoms with Crippen LogP contribution in [0, 0.1) is 18.8 Å². The van der Waals surface area contributed by atoms with E-state index in [0.717, 1.165) is 5.56 Å². The van der Waals surface area contributed by atoms with Gasteiger partial charge in [0.2, 0.25) is 6.29 Å². The lowest BCUT2D eigenvalue weighted by Crippen LogP contribution is -2.38. The number of pyridine rings is 3. The molecule has 0 aromatic carbocycles. The van der Waals surface area contributed by atoms with Gasteiger partial charge in [0, 0.05) is 51.1 Å². The third kappa shape index (κ3) is 8.94. The number of hydrogen-bond donors (Lipinski definition) is 2. The Hall–Kier alpha value is -4.23. The molecule has 0 saturated heterocycles. The van der Waals surface area contributed by atoms with Crippen LogP contribution < -0.4 is 5.32 Å². The Balaban J connectivity index is 1.34. The lowest BCUT2D eigenvalue weighted by molar-refractivity contribution is -0.173. The minimum atomic E-state index is -2.61. The second kappa shape index (κ2) is 15.4. The summed E-state index contributed by atoms with van der Waals surface area (Å²) in [5, 5.41) is 14.5. The smallest absolute Gasteiger partial charge is 0.412 e. The van der Waals surface area contributed by atoms with Crippen LogP contribution in [0.1, 0.15) is 62.8 Å². The van der Waals surface area contributed by atoms with Gasteiger partial charge in [-0.1, -0.05) is 0 Å². The van der Waals surface area contributed by atoms with Crippen LogP contribution in [-0.2, 0) is 24.6 Å². The number of likely N-dealkylation sites (N-methyl/N-ethyl adjacent to an activating group) is 1. The van der Waals surface area contributed by atoms with E-state index in [0.29, 0.717) is 61.6 Å². The number of esters is 1. The molecule has 3 aromatic heterocycles. The van der Waals surface area contributed by atoms with E-state index >= 15 is 0 Å². The van der Waals surface area contributed by atoms with Gasteiger partial charge in [-0.3, -0.25) is 9.78 Å². The van der Waals surface area contributed by atoms with E-state index in [1.54, 1.807) is 32.3 Å². The normalized spacial score (nSPS) is 18.4. The number of aryl methyl sites for hydroxylation is 1. The average molecular weight is 642 g/mol. The maximum absolute atomic E-state index is 13.1. The van der Waals surface area contributed by atoms with Gasteiger partial charge in [0.15, 0.2) is 0 Å². The Bertz CT molecular complexity index is 1480. The molecule has 4 rings (SSSR count). The summed E-state index contributed by atoms with van der Waals surface area (Å²) in [5.41, 5.74) is 1.35. The number of rotatable bonds is 12. The van der Waals surface area contributed by atoms with Crippen LogP contribution in [0.25, 0.3) is 11.3 Å². The van der Waals surface area contributed by atoms with Crippen molar-refractivity contribution in [3.63, 3.8) is 0 Å². The van der Waals surface area contributed by atoms with Crippen molar-refractivity contribution in [2.45, 2.75) is 64.8 Å². The van der Waals surface area contributed by atoms with E-state index in [-0.39, 0.29) is 23.2 Å². The number of nitrogens with one attached hydrogen (secondary N) is 1. The Morgan fingerprint density at radius 1 is 1.09 bits per heavy atom. The van der Waals surface area contributed by atoms with Crippen molar-refractivity contribution in [1.82, 2.24) is 19.9 Å². The highest BCUT2D eigenvalue weighted by Crippen LogP contribution is 2.41. The minimum Gasteiger partial charge on any atom is -0.425 e. The van der Waals surface area contributed by atoms with Crippen molar-refractivity contribution in [3.8, 4) is 11.3 Å². The molecular weight excluding hydrogens is 600 g/mol. The predicted molar refractivity (Wildman–Crippen MR) is 166 cm³/mol. The van der Waals surface area contributed by atoms with Crippen LogP contribution in [0.3, 0.4) is 0 Å². The molecule has 3 aromatic rings. The van der Waals surface area contributed by atoms with Crippen LogP contribution in [0.15, 0.2) is 48.8 Å². The summed E-state index contributed by atoms with van der Waals surface area (Å²) in [7, 11) is 3.10. The van der Waals surface area contributed by atoms with Gasteiger partial charge >= 0.3 is 12.1 Å². The fourth-order valence-corrected chi connectivity index (χ4v) is 5.44. The Morgan fingerprint density at radius 2 is 1.83 bits per heavy atom. The molecular formula is C33H41F2N5O6. The van der Waals surface area contributed by atoms with E-state index in [1.165, 1.54) is 37.3 Å². The van der Waals surface area contributed by atoms with Crippen LogP contribution in [-0.4, -0.2) is 70.6 Å². The number of methoxy groups -OCH3 is 1. The molecule has 1 aliphatic rings. The Labute approximate surface area is 267 Å². The van der Waals surface area contributed by atoms with Crippen molar-refractivity contribution < 1.29 is 37.7 Å². The number of anilines is 2. The summed E-state index contributed by atoms with van der Waals surface area (Å²) in [6, 6.07) is 9.81. The topological polar surface area (TPSA) is 136 Å². The summed E-state index contributed by atoms with van der Waals surface area (Å²) in [6.45, 7) is 5.83. The molecule has 3 heterocycles. The highest BCUT2D eigenvalue weighted by molar-refractivity contribution is 5.73. The van der Waals surface area contributed by atoms with Gasteiger partial charge in [-0.2, -0.15) is 0 Å². The standard InChI is InChI=1S/C33H41F2N5O6/c1-20-16-26(38-29(17-20)39-28-18-23(30(34)35)12-13-36-28)24-8-11-27(37-19-24)33(3,43)25-9-6-22(7-10-25)31(41)45-21(2)46-32(42)40(4)14-15-44-5/h8,11-13,16-19,21-22,25,30,43H,6-7,9-10,14-15H2,1-5H3,(H,36,38,39)/t21?,22-,25-,33-/m1/s1. The largest absolute Gasteiger partial charge is 0.425 e. The van der Waals surface area contributed by atoms with Crippen LogP contribution in [0.2, 0.25) is 0 Å². The van der Waals surface area contributed by atoms with Gasteiger partial charge < -0.3 is 29.5 Å². The highest BCUT2D eigenvalue weighted by atomic mass is 19.3. The fraction of sp³-hybridized carbons (Fsp3) is 0.485. The molecule has 1 fully saturated rings. The minimum absolute atomic E-state index is 0.135. The number of aliphatic hydroxyl groups is 1. The zero-order chi connectivity index (χ0) is 33.4. The number of amides is 1. The number of aromatic nitrogens is 3. The Kier molecular flexibility index (Phi) is 11.6. The molecule has 0 spiro atoms. The monoisotopic (exact) mass is 641 g/mol. The molecule has 1 unspecified atom stereocenters. The number of halogens is 2. The third-order valence-corrected chi connectivity index (χ3v) is 8.19. The summed E-state index contributed by atoms with van der Waals surface area (Å²) in [6.07, 6.45) is 0.914. The van der Waals surface area contributed by atoms with Gasteiger partial charge in [0.1, 0.15) is 17.2 Å². The summed E-state index contributed by atoms with van der Waals surface area (Å²) in [4.78, 5) is 39.5. The number of alkyl halides is 2. The number of ether oxygens (including phenoxy) is 3. The van der Waals surface area contributed by atoms with Crippen LogP contribution in [0.5, 0.6) is 0 Å². The first-order chi connectivity index (χ1) is 21.9. The van der Waals surface area contributed by atoms with Crippen molar-refractivity contribution in [2.75, 3.05) is 32.6 Å². The number of nitrogens with zero attached hydrogens (tertiary/aromatic N) is 4. The van der Waals surface area contributed by atoms with Crippen molar-refractivity contribution in [3.05, 3.63) is 65.6 Å². The molecule has 11 nitrogen and oxygen atoms in total. The zero-order valence-electron chi connectivity index (χ0n) is 26.7. The molecule has 1 aliphatic carbocycles. The summed E-state index contributed by atoms with van der Waals surface area (Å²) >= 11 is 0. The number of hydrogen-bond acceptors (Lipinski definition) is 10. The van der Waals surface area contributed by atoms with Crippen molar-refractivity contribution in [2.24, 2.45) is 11.8 Å². The quantitative estimate of drug-likeness (QED) is 0.175. The molecule has 0 radical (unpaired) electrons. The first-order valence-corrected chi connectivity index (χ1v) is 15.2. The molecule has 1 amide bonds. The van der Waals surface area contributed by atoms with Gasteiger partial charge in [-0.25, -0.2) is 23.5 Å². The molecule has 0 bridgehead atoms. The molecule has 2 N–H and O–H groups in total. The average Bonchev–Trinajstić information content (AvgIpc) is 3.03. The highest BCUT2D eigenvalue weighted by Gasteiger charge is 2.39. The SMILES string of the molecule is COCCN(C)C(=O)OC(C)OC(=O)[C@H]1CC[C@H]([C@@](C)(O)c2ccc(-c3cc(C)cc(Nc4cc(C(F)F)ccn4)n3)cn2)CC1. The fourth-order valence-electron chi connectivity index (χ4n) is 5.44. The van der Waals surface area contributed by atoms with E-state index in [1.807, 2.05) is 19.1 Å². The summed E-state index contributed by atoms with van der Waals surface area (Å²) < 4.78 is 41.8. The third-order valence-electron chi connectivity index (χ3n) is 8.19. The first kappa shape index (κ1) is 34.6. The first-order valence-electron chi connectivity index (χ1n) is 15.2. The van der Waals surface area contributed by atoms with Crippen LogP contribution in [0.4, 0.5) is 25.2 Å². The van der Waals surface area contributed by atoms with Crippen LogP contribution >= 0.6 is 0 Å². The molecule has 248 valence electrons. The zero-order valence-corrected chi connectivity index (χ0v) is 26.7. The Morgan fingerprint density at radius 3 is 2.48 bits per heavy atom.